The summed E-state index contributed by atoms with van der Waals surface area (Å²) in [4.78, 5) is 0. The molecule has 0 N–H and O–H groups in total. The van der Waals surface area contributed by atoms with Gasteiger partial charge in [-0.15, -0.1) is 0 Å². The van der Waals surface area contributed by atoms with Crippen LogP contribution in [-0.4, -0.2) is 40.8 Å². The summed E-state index contributed by atoms with van der Waals surface area (Å²) in [7, 11) is 5.42. The van der Waals surface area contributed by atoms with E-state index in [-0.39, 0.29) is 21.7 Å². The van der Waals surface area contributed by atoms with Gasteiger partial charge in [0.15, 0.2) is 0 Å². The molecule has 0 aliphatic heterocycles. The van der Waals surface area contributed by atoms with Gasteiger partial charge >= 0.3 is 21.7 Å². The van der Waals surface area contributed by atoms with Crippen LogP contribution in [0.2, 0.25) is 0 Å². The predicted octanol–water partition coefficient (Wildman–Crippen LogP) is 3.03. The van der Waals surface area contributed by atoms with E-state index in [0.29, 0.717) is 0 Å². The zero-order valence-corrected chi connectivity index (χ0v) is 11.5. The van der Waals surface area contributed by atoms with Crippen molar-refractivity contribution in [1.29, 1.82) is 0 Å². The van der Waals surface area contributed by atoms with Crippen LogP contribution in [0.5, 0.6) is 0 Å². The Balaban J connectivity index is -0.0000000450. The molecular weight excluding hydrogens is 198 g/mol. The minimum atomic E-state index is 0. The maximum absolute atomic E-state index is 3.74. The Morgan fingerprint density at radius 1 is 0.615 bits per heavy atom. The van der Waals surface area contributed by atoms with Gasteiger partial charge in [-0.3, -0.25) is 0 Å². The Bertz CT molecular complexity index is 30.3. The average Bonchev–Trinajstić information content (AvgIpc) is 2.18. The van der Waals surface area contributed by atoms with E-state index in [1.54, 1.807) is 21.1 Å². The van der Waals surface area contributed by atoms with Gasteiger partial charge in [0, 0.05) is 0 Å². The van der Waals surface area contributed by atoms with E-state index in [1.807, 2.05) is 20.8 Å². The summed E-state index contributed by atoms with van der Waals surface area (Å²) in [6.45, 7) is 8.88. The molecule has 0 aliphatic rings. The molecule has 79 valence electrons. The summed E-state index contributed by atoms with van der Waals surface area (Å²) in [5.41, 5.74) is 0. The molecule has 0 aliphatic carbocycles. The van der Waals surface area contributed by atoms with E-state index < -0.39 is 0 Å². The van der Waals surface area contributed by atoms with Gasteiger partial charge in [0.25, 0.3) is 0 Å². The maximum atomic E-state index is 3.74. The quantitative estimate of drug-likeness (QED) is 0.659. The Morgan fingerprint density at radius 2 is 0.692 bits per heavy atom. The standard InChI is InChI=1S/3C3H8N.Ti/c3*1-3-4-2;/h3*3H2,1-2H3;/q3*-1;+3. The molecule has 0 amide bonds. The van der Waals surface area contributed by atoms with Crippen LogP contribution in [0.15, 0.2) is 0 Å². The molecule has 13 heavy (non-hydrogen) atoms. The van der Waals surface area contributed by atoms with E-state index in [2.05, 4.69) is 16.0 Å². The van der Waals surface area contributed by atoms with Gasteiger partial charge in [0.05, 0.1) is 0 Å². The fourth-order valence-corrected chi connectivity index (χ4v) is 0. The smallest absolute Gasteiger partial charge is 0.665 e. The third-order valence-electron chi connectivity index (χ3n) is 0.949. The Hall–Kier alpha value is 0.594. The number of hydrogen-bond donors (Lipinski definition) is 0. The van der Waals surface area contributed by atoms with Crippen LogP contribution in [-0.2, 0) is 21.7 Å². The Labute approximate surface area is 99.3 Å². The molecule has 0 saturated carbocycles. The summed E-state index contributed by atoms with van der Waals surface area (Å²) in [5.74, 6) is 0. The molecule has 0 aromatic carbocycles. The van der Waals surface area contributed by atoms with Crippen LogP contribution in [0.1, 0.15) is 20.8 Å². The topological polar surface area (TPSA) is 42.3 Å². The summed E-state index contributed by atoms with van der Waals surface area (Å²) in [5, 5.41) is 11.2. The fraction of sp³-hybridized carbons (Fsp3) is 1.00. The zero-order valence-electron chi connectivity index (χ0n) is 9.96. The molecular formula is C9H24N3Ti. The molecule has 0 bridgehead atoms. The summed E-state index contributed by atoms with van der Waals surface area (Å²) in [6.07, 6.45) is 0. The van der Waals surface area contributed by atoms with Crippen molar-refractivity contribution in [2.75, 3.05) is 40.8 Å². The van der Waals surface area contributed by atoms with Crippen molar-refractivity contribution >= 4 is 0 Å². The van der Waals surface area contributed by atoms with E-state index in [9.17, 15) is 0 Å². The molecule has 0 rings (SSSR count). The summed E-state index contributed by atoms with van der Waals surface area (Å²) < 4.78 is 0. The zero-order chi connectivity index (χ0) is 10.2. The van der Waals surface area contributed by atoms with Crippen molar-refractivity contribution in [3.8, 4) is 0 Å². The van der Waals surface area contributed by atoms with E-state index in [1.165, 1.54) is 0 Å². The maximum Gasteiger partial charge on any atom is 3.00 e. The van der Waals surface area contributed by atoms with Crippen LogP contribution in [0, 0.1) is 0 Å². The van der Waals surface area contributed by atoms with E-state index in [4.69, 9.17) is 0 Å². The van der Waals surface area contributed by atoms with Crippen LogP contribution < -0.4 is 0 Å². The number of rotatable bonds is 3. The fourth-order valence-electron chi connectivity index (χ4n) is 0. The molecule has 0 saturated heterocycles. The minimum Gasteiger partial charge on any atom is -0.665 e. The first-order valence-electron chi connectivity index (χ1n) is 4.41. The van der Waals surface area contributed by atoms with Crippen molar-refractivity contribution in [3.05, 3.63) is 16.0 Å². The Morgan fingerprint density at radius 3 is 0.692 bits per heavy atom. The van der Waals surface area contributed by atoms with Crippen LogP contribution in [0.4, 0.5) is 0 Å². The third-order valence-corrected chi connectivity index (χ3v) is 0.949. The van der Waals surface area contributed by atoms with Crippen LogP contribution in [0.25, 0.3) is 16.0 Å². The SMILES string of the molecule is CC[N-]C.CC[N-]C.CC[N-]C.[Ti+3]. The largest absolute Gasteiger partial charge is 3.00 e. The van der Waals surface area contributed by atoms with Crippen molar-refractivity contribution in [2.45, 2.75) is 20.8 Å². The average molecular weight is 222 g/mol. The minimum absolute atomic E-state index is 0. The second-order valence-electron chi connectivity index (χ2n) is 1.90. The van der Waals surface area contributed by atoms with Crippen molar-refractivity contribution < 1.29 is 21.7 Å². The molecule has 0 fully saturated rings. The molecule has 0 aromatic rings. The Kier molecular flexibility index (Phi) is 70.2. The van der Waals surface area contributed by atoms with Gasteiger partial charge in [-0.1, -0.05) is 20.8 Å². The summed E-state index contributed by atoms with van der Waals surface area (Å²) in [6, 6.07) is 0. The second kappa shape index (κ2) is 38.9. The predicted molar refractivity (Wildman–Crippen MR) is 59.5 cm³/mol. The van der Waals surface area contributed by atoms with Gasteiger partial charge < -0.3 is 16.0 Å². The van der Waals surface area contributed by atoms with E-state index >= 15 is 0 Å². The van der Waals surface area contributed by atoms with Crippen LogP contribution in [0.3, 0.4) is 0 Å². The summed E-state index contributed by atoms with van der Waals surface area (Å²) >= 11 is 0. The molecule has 0 heterocycles. The molecule has 0 atom stereocenters. The van der Waals surface area contributed by atoms with Gasteiger partial charge in [0.1, 0.15) is 0 Å². The first-order valence-corrected chi connectivity index (χ1v) is 4.41. The van der Waals surface area contributed by atoms with Crippen molar-refractivity contribution in [2.24, 2.45) is 0 Å². The molecule has 1 radical (unpaired) electrons. The van der Waals surface area contributed by atoms with Crippen molar-refractivity contribution in [3.63, 3.8) is 0 Å². The molecule has 0 spiro atoms. The molecule has 4 heteroatoms. The van der Waals surface area contributed by atoms with Gasteiger partial charge in [-0.25, -0.2) is 0 Å². The third kappa shape index (κ3) is 109. The van der Waals surface area contributed by atoms with Gasteiger partial charge in [-0.05, 0) is 0 Å². The molecule has 3 nitrogen and oxygen atoms in total. The normalized spacial score (nSPS) is 6.92. The van der Waals surface area contributed by atoms with Gasteiger partial charge in [-0.2, -0.15) is 40.8 Å². The van der Waals surface area contributed by atoms with Crippen molar-refractivity contribution in [1.82, 2.24) is 0 Å². The molecule has 0 unspecified atom stereocenters. The second-order valence-corrected chi connectivity index (χ2v) is 1.90. The van der Waals surface area contributed by atoms with E-state index in [0.717, 1.165) is 19.6 Å². The molecule has 0 aromatic heterocycles. The van der Waals surface area contributed by atoms with Gasteiger partial charge in [0.2, 0.25) is 0 Å². The number of nitrogens with zero attached hydrogens (tertiary/aromatic N) is 3. The monoisotopic (exact) mass is 222 g/mol. The number of hydrogen-bond acceptors (Lipinski definition) is 0. The first kappa shape index (κ1) is 23.4. The first-order chi connectivity index (χ1) is 5.74. The van der Waals surface area contributed by atoms with Crippen LogP contribution >= 0.6 is 0 Å².